The van der Waals surface area contributed by atoms with Crippen molar-refractivity contribution in [1.29, 1.82) is 0 Å². The van der Waals surface area contributed by atoms with Gasteiger partial charge < -0.3 is 5.73 Å². The van der Waals surface area contributed by atoms with Crippen molar-refractivity contribution in [2.24, 2.45) is 5.73 Å². The second-order valence-electron chi connectivity index (χ2n) is 6.34. The lowest BCUT2D eigenvalue weighted by molar-refractivity contribution is 0.242. The highest BCUT2D eigenvalue weighted by Crippen LogP contribution is 2.18. The monoisotopic (exact) mass is 361 g/mol. The third-order valence-electron chi connectivity index (χ3n) is 4.36. The molecule has 3 heterocycles. The number of nitrogens with two attached hydrogens (primary N) is 1. The van der Waals surface area contributed by atoms with Crippen LogP contribution in [0.2, 0.25) is 0 Å². The number of nitrogens with one attached hydrogen (secondary N) is 2. The number of fused-ring (bicyclic) bond motifs is 2. The Hall–Kier alpha value is -3.52. The first kappa shape index (κ1) is 16.9. The summed E-state index contributed by atoms with van der Waals surface area (Å²) in [4.78, 5) is 19.6. The summed E-state index contributed by atoms with van der Waals surface area (Å²) < 4.78 is 1.82. The van der Waals surface area contributed by atoms with Crippen LogP contribution in [0.15, 0.2) is 54.9 Å². The van der Waals surface area contributed by atoms with Gasteiger partial charge in [0.15, 0.2) is 5.65 Å². The molecule has 4 N–H and O–H groups in total. The molecule has 27 heavy (non-hydrogen) atoms. The third-order valence-corrected chi connectivity index (χ3v) is 4.36. The van der Waals surface area contributed by atoms with Crippen molar-refractivity contribution in [1.82, 2.24) is 30.4 Å². The van der Waals surface area contributed by atoms with Crippen LogP contribution in [0.3, 0.4) is 0 Å². The predicted molar refractivity (Wildman–Crippen MR) is 102 cm³/mol. The van der Waals surface area contributed by atoms with Crippen molar-refractivity contribution in [3.63, 3.8) is 0 Å². The first-order valence-corrected chi connectivity index (χ1v) is 8.58. The second-order valence-corrected chi connectivity index (χ2v) is 6.34. The highest BCUT2D eigenvalue weighted by atomic mass is 16.2. The summed E-state index contributed by atoms with van der Waals surface area (Å²) >= 11 is 0. The van der Waals surface area contributed by atoms with Crippen LogP contribution in [0, 0.1) is 0 Å². The van der Waals surface area contributed by atoms with E-state index in [-0.39, 0.29) is 6.04 Å². The zero-order valence-corrected chi connectivity index (χ0v) is 14.8. The molecule has 0 bridgehead atoms. The number of imidazole rings is 1. The molecule has 136 valence electrons. The van der Waals surface area contributed by atoms with Crippen LogP contribution in [-0.2, 0) is 6.42 Å². The van der Waals surface area contributed by atoms with Gasteiger partial charge in [0.25, 0.3) is 0 Å². The number of urea groups is 1. The first-order valence-electron chi connectivity index (χ1n) is 8.58. The fraction of sp³-hybridized carbons (Fsp3) is 0.158. The largest absolute Gasteiger partial charge is 0.351 e. The maximum absolute atomic E-state index is 10.9. The highest BCUT2D eigenvalue weighted by Gasteiger charge is 2.11. The van der Waals surface area contributed by atoms with Gasteiger partial charge in [0.1, 0.15) is 0 Å². The van der Waals surface area contributed by atoms with Gasteiger partial charge in [-0.3, -0.25) is 10.4 Å². The molecule has 0 aliphatic rings. The fourth-order valence-electron chi connectivity index (χ4n) is 2.98. The molecule has 0 fully saturated rings. The summed E-state index contributed by atoms with van der Waals surface area (Å²) in [5.41, 5.74) is 14.9. The Kier molecular flexibility index (Phi) is 4.39. The van der Waals surface area contributed by atoms with E-state index in [1.165, 1.54) is 0 Å². The molecule has 3 aromatic heterocycles. The number of primary amides is 1. The number of carbonyl (C=O) groups excluding carboxylic acids is 1. The molecule has 4 rings (SSSR count). The van der Waals surface area contributed by atoms with Crippen molar-refractivity contribution < 1.29 is 4.79 Å². The molecule has 1 atom stereocenters. The van der Waals surface area contributed by atoms with Gasteiger partial charge in [-0.25, -0.2) is 19.7 Å². The number of carbonyl (C=O) groups is 1. The van der Waals surface area contributed by atoms with E-state index in [0.717, 1.165) is 33.5 Å². The lowest BCUT2D eigenvalue weighted by atomic mass is 10.1. The fourth-order valence-corrected chi connectivity index (χ4v) is 2.98. The summed E-state index contributed by atoms with van der Waals surface area (Å²) in [6.07, 6.45) is 4.32. The van der Waals surface area contributed by atoms with Crippen LogP contribution in [0.5, 0.6) is 0 Å². The molecule has 0 saturated heterocycles. The van der Waals surface area contributed by atoms with Gasteiger partial charge in [-0.1, -0.05) is 12.1 Å². The van der Waals surface area contributed by atoms with Crippen LogP contribution in [0.1, 0.15) is 29.9 Å². The molecular formula is C19H19N7O. The topological polar surface area (TPSA) is 110 Å². The number of rotatable bonds is 5. The highest BCUT2D eigenvalue weighted by molar-refractivity contribution is 5.79. The average Bonchev–Trinajstić information content (AvgIpc) is 3.08. The minimum atomic E-state index is -0.642. The zero-order valence-electron chi connectivity index (χ0n) is 14.8. The quantitative estimate of drug-likeness (QED) is 0.472. The lowest BCUT2D eigenvalue weighted by Gasteiger charge is -2.13. The minimum Gasteiger partial charge on any atom is -0.351 e. The van der Waals surface area contributed by atoms with Gasteiger partial charge in [-0.2, -0.15) is 5.10 Å². The maximum Gasteiger partial charge on any atom is 0.326 e. The summed E-state index contributed by atoms with van der Waals surface area (Å²) in [5.74, 6) is 0. The van der Waals surface area contributed by atoms with Crippen molar-refractivity contribution in [3.05, 3.63) is 71.8 Å². The molecule has 4 aromatic rings. The van der Waals surface area contributed by atoms with Gasteiger partial charge in [0, 0.05) is 18.0 Å². The van der Waals surface area contributed by atoms with Crippen LogP contribution >= 0.6 is 0 Å². The third kappa shape index (κ3) is 3.56. The summed E-state index contributed by atoms with van der Waals surface area (Å²) in [7, 11) is 0. The first-order chi connectivity index (χ1) is 13.1. The number of benzene rings is 1. The van der Waals surface area contributed by atoms with E-state index in [0.29, 0.717) is 6.42 Å². The SMILES string of the molecule is CC(NNC(N)=O)c1ccc2ncc(Cc3ccc4ncccc4c3)n2n1. The number of aromatic nitrogens is 4. The van der Waals surface area contributed by atoms with Gasteiger partial charge in [-0.05, 0) is 42.8 Å². The summed E-state index contributed by atoms with van der Waals surface area (Å²) in [5, 5.41) is 5.76. The van der Waals surface area contributed by atoms with Gasteiger partial charge in [0.05, 0.1) is 29.1 Å². The molecule has 0 radical (unpaired) electrons. The van der Waals surface area contributed by atoms with Crippen LogP contribution in [0.4, 0.5) is 4.79 Å². The lowest BCUT2D eigenvalue weighted by Crippen LogP contribution is -2.42. The Morgan fingerprint density at radius 1 is 1.22 bits per heavy atom. The average molecular weight is 361 g/mol. The molecule has 0 aliphatic heterocycles. The molecule has 0 aliphatic carbocycles. The van der Waals surface area contributed by atoms with Crippen molar-refractivity contribution in [3.8, 4) is 0 Å². The van der Waals surface area contributed by atoms with Gasteiger partial charge in [-0.15, -0.1) is 0 Å². The van der Waals surface area contributed by atoms with E-state index in [1.54, 1.807) is 6.20 Å². The van der Waals surface area contributed by atoms with Gasteiger partial charge >= 0.3 is 6.03 Å². The van der Waals surface area contributed by atoms with E-state index in [2.05, 4.69) is 44.1 Å². The Morgan fingerprint density at radius 2 is 2.11 bits per heavy atom. The molecule has 0 saturated carbocycles. The standard InChI is InChI=1S/C19H19N7O/c1-12(23-24-19(20)27)16-6-7-18-22-11-15(26(18)25-16)10-13-4-5-17-14(9-13)3-2-8-21-17/h2-9,11-12,23H,10H2,1H3,(H3,20,24,27). The van der Waals surface area contributed by atoms with E-state index in [1.807, 2.05) is 41.9 Å². The number of pyridine rings is 1. The minimum absolute atomic E-state index is 0.205. The van der Waals surface area contributed by atoms with E-state index < -0.39 is 6.03 Å². The van der Waals surface area contributed by atoms with E-state index in [9.17, 15) is 4.79 Å². The van der Waals surface area contributed by atoms with Crippen LogP contribution in [-0.4, -0.2) is 25.6 Å². The number of amides is 2. The summed E-state index contributed by atoms with van der Waals surface area (Å²) in [6.45, 7) is 1.89. The van der Waals surface area contributed by atoms with E-state index in [4.69, 9.17) is 5.73 Å². The van der Waals surface area contributed by atoms with E-state index >= 15 is 0 Å². The Bertz CT molecular complexity index is 1120. The molecule has 1 unspecified atom stereocenters. The smallest absolute Gasteiger partial charge is 0.326 e. The van der Waals surface area contributed by atoms with Gasteiger partial charge in [0.2, 0.25) is 0 Å². The number of hydrogen-bond acceptors (Lipinski definition) is 5. The molecule has 8 nitrogen and oxygen atoms in total. The van der Waals surface area contributed by atoms with Crippen LogP contribution in [0.25, 0.3) is 16.6 Å². The van der Waals surface area contributed by atoms with Crippen molar-refractivity contribution in [2.75, 3.05) is 0 Å². The summed E-state index contributed by atoms with van der Waals surface area (Å²) in [6, 6.07) is 13.1. The Balaban J connectivity index is 1.62. The molecule has 2 amide bonds. The van der Waals surface area contributed by atoms with Crippen molar-refractivity contribution >= 4 is 22.6 Å². The maximum atomic E-state index is 10.9. The molecular weight excluding hydrogens is 342 g/mol. The normalized spacial score (nSPS) is 12.3. The number of hydrogen-bond donors (Lipinski definition) is 3. The zero-order chi connectivity index (χ0) is 18.8. The second kappa shape index (κ2) is 7.00. The number of nitrogens with zero attached hydrogens (tertiary/aromatic N) is 4. The number of hydrazine groups is 1. The Labute approximate surface area is 155 Å². The molecule has 0 spiro atoms. The molecule has 8 heteroatoms. The Morgan fingerprint density at radius 3 is 2.96 bits per heavy atom. The molecule has 1 aromatic carbocycles. The predicted octanol–water partition coefficient (Wildman–Crippen LogP) is 2.10. The van der Waals surface area contributed by atoms with Crippen LogP contribution < -0.4 is 16.6 Å². The van der Waals surface area contributed by atoms with Crippen molar-refractivity contribution in [2.45, 2.75) is 19.4 Å².